The molecule has 0 radical (unpaired) electrons. The number of benzene rings is 1. The molecule has 0 amide bonds. The lowest BCUT2D eigenvalue weighted by Crippen LogP contribution is -2.24. The molecule has 1 atom stereocenters. The van der Waals surface area contributed by atoms with Gasteiger partial charge in [0, 0.05) is 5.33 Å². The zero-order chi connectivity index (χ0) is 9.80. The van der Waals surface area contributed by atoms with E-state index in [1.807, 2.05) is 0 Å². The minimum atomic E-state index is 0.853. The van der Waals surface area contributed by atoms with E-state index in [9.17, 15) is 0 Å². The van der Waals surface area contributed by atoms with Gasteiger partial charge in [-0.15, -0.1) is 0 Å². The monoisotopic (exact) mass is 252 g/mol. The zero-order valence-electron chi connectivity index (χ0n) is 8.45. The van der Waals surface area contributed by atoms with Gasteiger partial charge in [0.05, 0.1) is 0 Å². The van der Waals surface area contributed by atoms with Gasteiger partial charge in [0.15, 0.2) is 0 Å². The fraction of sp³-hybridized carbons (Fsp3) is 0.538. The Hall–Kier alpha value is -0.300. The summed E-state index contributed by atoms with van der Waals surface area (Å²) in [5, 5.41) is 1.16. The van der Waals surface area contributed by atoms with E-state index >= 15 is 0 Å². The Labute approximate surface area is 94.8 Å². The van der Waals surface area contributed by atoms with Gasteiger partial charge < -0.3 is 0 Å². The fourth-order valence-electron chi connectivity index (χ4n) is 2.18. The molecule has 0 saturated heterocycles. The van der Waals surface area contributed by atoms with Crippen LogP contribution in [0.2, 0.25) is 0 Å². The molecule has 0 nitrogen and oxygen atoms in total. The molecule has 0 spiro atoms. The second-order valence-electron chi connectivity index (χ2n) is 4.30. The summed E-state index contributed by atoms with van der Waals surface area (Å²) >= 11 is 3.65. The lowest BCUT2D eigenvalue weighted by atomic mass is 9.74. The molecular formula is C13H17Br. The molecule has 1 unspecified atom stereocenters. The van der Waals surface area contributed by atoms with Crippen LogP contribution in [0.25, 0.3) is 0 Å². The van der Waals surface area contributed by atoms with Gasteiger partial charge in [-0.2, -0.15) is 0 Å². The van der Waals surface area contributed by atoms with Crippen LogP contribution >= 0.6 is 15.9 Å². The molecule has 0 aliphatic heterocycles. The van der Waals surface area contributed by atoms with E-state index in [4.69, 9.17) is 0 Å². The third-order valence-corrected chi connectivity index (χ3v) is 4.19. The van der Waals surface area contributed by atoms with E-state index in [0.29, 0.717) is 0 Å². The van der Waals surface area contributed by atoms with Crippen molar-refractivity contribution < 1.29 is 0 Å². The highest BCUT2D eigenvalue weighted by Gasteiger charge is 2.26. The summed E-state index contributed by atoms with van der Waals surface area (Å²) in [5.41, 5.74) is 1.49. The average molecular weight is 253 g/mol. The normalized spacial score (nSPS) is 18.9. The standard InChI is InChI=1S/C13H17Br/c14-10-13(12-7-4-8-12)9-11-5-2-1-3-6-11/h1-3,5-6,12-13H,4,7-10H2. The van der Waals surface area contributed by atoms with Crippen molar-refractivity contribution in [1.29, 1.82) is 0 Å². The van der Waals surface area contributed by atoms with Crippen LogP contribution < -0.4 is 0 Å². The molecule has 0 N–H and O–H groups in total. The highest BCUT2D eigenvalue weighted by molar-refractivity contribution is 9.09. The maximum atomic E-state index is 3.65. The first-order valence-corrected chi connectivity index (χ1v) is 6.62. The summed E-state index contributed by atoms with van der Waals surface area (Å²) in [6, 6.07) is 10.9. The van der Waals surface area contributed by atoms with E-state index in [0.717, 1.165) is 17.2 Å². The van der Waals surface area contributed by atoms with E-state index in [-0.39, 0.29) is 0 Å². The summed E-state index contributed by atoms with van der Waals surface area (Å²) < 4.78 is 0. The van der Waals surface area contributed by atoms with E-state index in [1.165, 1.54) is 31.2 Å². The van der Waals surface area contributed by atoms with Gasteiger partial charge in [0.1, 0.15) is 0 Å². The largest absolute Gasteiger partial charge is 0.0925 e. The predicted octanol–water partition coefficient (Wildman–Crippen LogP) is 4.04. The highest BCUT2D eigenvalue weighted by Crippen LogP contribution is 2.36. The van der Waals surface area contributed by atoms with Crippen LogP contribution in [0.5, 0.6) is 0 Å². The molecule has 14 heavy (non-hydrogen) atoms. The van der Waals surface area contributed by atoms with Crippen LogP contribution in [-0.4, -0.2) is 5.33 Å². The molecule has 1 saturated carbocycles. The molecule has 1 aromatic rings. The molecule has 1 aliphatic rings. The average Bonchev–Trinajstić information content (AvgIpc) is 2.15. The van der Waals surface area contributed by atoms with Crippen LogP contribution in [0.15, 0.2) is 30.3 Å². The Morgan fingerprint density at radius 2 is 1.93 bits per heavy atom. The maximum Gasteiger partial charge on any atom is 0.00654 e. The summed E-state index contributed by atoms with van der Waals surface area (Å²) in [6.45, 7) is 0. The van der Waals surface area contributed by atoms with Gasteiger partial charge in [0.25, 0.3) is 0 Å². The topological polar surface area (TPSA) is 0 Å². The first-order chi connectivity index (χ1) is 6.90. The van der Waals surface area contributed by atoms with Gasteiger partial charge in [-0.3, -0.25) is 0 Å². The summed E-state index contributed by atoms with van der Waals surface area (Å²) in [4.78, 5) is 0. The predicted molar refractivity (Wildman–Crippen MR) is 64.8 cm³/mol. The number of halogens is 1. The van der Waals surface area contributed by atoms with Gasteiger partial charge in [-0.1, -0.05) is 65.5 Å². The van der Waals surface area contributed by atoms with Crippen LogP contribution in [-0.2, 0) is 6.42 Å². The van der Waals surface area contributed by atoms with Crippen LogP contribution in [0, 0.1) is 11.8 Å². The molecule has 1 heteroatoms. The van der Waals surface area contributed by atoms with Crippen molar-refractivity contribution in [2.24, 2.45) is 11.8 Å². The quantitative estimate of drug-likeness (QED) is 0.710. The van der Waals surface area contributed by atoms with Crippen molar-refractivity contribution in [2.45, 2.75) is 25.7 Å². The Morgan fingerprint density at radius 3 is 2.43 bits per heavy atom. The zero-order valence-corrected chi connectivity index (χ0v) is 10.0. The number of hydrogen-bond donors (Lipinski definition) is 0. The van der Waals surface area contributed by atoms with Crippen LogP contribution in [0.4, 0.5) is 0 Å². The Bertz CT molecular complexity index is 264. The number of alkyl halides is 1. The second-order valence-corrected chi connectivity index (χ2v) is 4.94. The molecule has 0 heterocycles. The lowest BCUT2D eigenvalue weighted by Gasteiger charge is -2.32. The van der Waals surface area contributed by atoms with Crippen molar-refractivity contribution in [3.8, 4) is 0 Å². The number of hydrogen-bond acceptors (Lipinski definition) is 0. The fourth-order valence-corrected chi connectivity index (χ4v) is 2.93. The third kappa shape index (κ3) is 2.38. The SMILES string of the molecule is BrCC(Cc1ccccc1)C1CCC1. The second kappa shape index (κ2) is 4.97. The summed E-state index contributed by atoms with van der Waals surface area (Å²) in [5.74, 6) is 1.83. The molecule has 76 valence electrons. The third-order valence-electron chi connectivity index (χ3n) is 3.36. The Kier molecular flexibility index (Phi) is 3.63. The van der Waals surface area contributed by atoms with Crippen molar-refractivity contribution in [2.75, 3.05) is 5.33 Å². The van der Waals surface area contributed by atoms with Crippen molar-refractivity contribution in [3.63, 3.8) is 0 Å². The smallest absolute Gasteiger partial charge is 0.00654 e. The van der Waals surface area contributed by atoms with Crippen molar-refractivity contribution >= 4 is 15.9 Å². The molecule has 1 aliphatic carbocycles. The Morgan fingerprint density at radius 1 is 1.21 bits per heavy atom. The van der Waals surface area contributed by atoms with Gasteiger partial charge in [-0.05, 0) is 23.8 Å². The van der Waals surface area contributed by atoms with E-state index in [2.05, 4.69) is 46.3 Å². The minimum absolute atomic E-state index is 0.853. The van der Waals surface area contributed by atoms with Crippen molar-refractivity contribution in [1.82, 2.24) is 0 Å². The summed E-state index contributed by atoms with van der Waals surface area (Å²) in [6.07, 6.45) is 5.59. The first kappa shape index (κ1) is 10.2. The lowest BCUT2D eigenvalue weighted by molar-refractivity contribution is 0.224. The summed E-state index contributed by atoms with van der Waals surface area (Å²) in [7, 11) is 0. The van der Waals surface area contributed by atoms with E-state index < -0.39 is 0 Å². The maximum absolute atomic E-state index is 3.65. The molecule has 0 aromatic heterocycles. The van der Waals surface area contributed by atoms with E-state index in [1.54, 1.807) is 0 Å². The first-order valence-electron chi connectivity index (χ1n) is 5.50. The van der Waals surface area contributed by atoms with Crippen LogP contribution in [0.3, 0.4) is 0 Å². The van der Waals surface area contributed by atoms with Gasteiger partial charge in [-0.25, -0.2) is 0 Å². The number of rotatable bonds is 4. The molecule has 1 aromatic carbocycles. The molecule has 0 bridgehead atoms. The van der Waals surface area contributed by atoms with Gasteiger partial charge in [0.2, 0.25) is 0 Å². The van der Waals surface area contributed by atoms with Crippen LogP contribution in [0.1, 0.15) is 24.8 Å². The van der Waals surface area contributed by atoms with Gasteiger partial charge >= 0.3 is 0 Å². The molecule has 1 fully saturated rings. The molecular weight excluding hydrogens is 236 g/mol. The van der Waals surface area contributed by atoms with Crippen molar-refractivity contribution in [3.05, 3.63) is 35.9 Å². The highest BCUT2D eigenvalue weighted by atomic mass is 79.9. The molecule has 2 rings (SSSR count). The Balaban J connectivity index is 1.94. The minimum Gasteiger partial charge on any atom is -0.0925 e.